The topological polar surface area (TPSA) is 70.1 Å². The average molecular weight is 312 g/mol. The summed E-state index contributed by atoms with van der Waals surface area (Å²) in [5, 5.41) is 9.25. The fourth-order valence-electron chi connectivity index (χ4n) is 3.42. The summed E-state index contributed by atoms with van der Waals surface area (Å²) >= 11 is 0. The van der Waals surface area contributed by atoms with Gasteiger partial charge in [0.1, 0.15) is 5.60 Å². The zero-order valence-corrected chi connectivity index (χ0v) is 14.1. The molecule has 0 radical (unpaired) electrons. The fourth-order valence-corrected chi connectivity index (χ4v) is 3.42. The first-order valence-electron chi connectivity index (χ1n) is 8.10. The Kier molecular flexibility index (Phi) is 4.70. The Balaban J connectivity index is 1.99. The molecule has 2 rings (SSSR count). The second-order valence-corrected chi connectivity index (χ2v) is 7.64. The molecule has 0 aromatic rings. The zero-order valence-electron chi connectivity index (χ0n) is 14.1. The van der Waals surface area contributed by atoms with Crippen LogP contribution in [0.2, 0.25) is 0 Å². The molecular formula is C16H28N2O4. The number of carbonyl (C=O) groups is 2. The molecule has 0 bridgehead atoms. The predicted molar refractivity (Wildman–Crippen MR) is 82.8 cm³/mol. The highest BCUT2D eigenvalue weighted by molar-refractivity contribution is 5.73. The molecule has 0 aromatic heterocycles. The minimum absolute atomic E-state index is 0.0860. The average Bonchev–Trinajstić information content (AvgIpc) is 2.79. The highest BCUT2D eigenvalue weighted by Gasteiger charge is 2.52. The van der Waals surface area contributed by atoms with Crippen molar-refractivity contribution in [3.05, 3.63) is 0 Å². The van der Waals surface area contributed by atoms with Gasteiger partial charge in [0.05, 0.1) is 12.0 Å². The molecule has 0 aromatic carbocycles. The molecule has 0 spiro atoms. The lowest BCUT2D eigenvalue weighted by Gasteiger charge is -2.54. The third-order valence-corrected chi connectivity index (χ3v) is 4.64. The maximum Gasteiger partial charge on any atom is 0.410 e. The number of aliphatic carboxylic acids is 1. The molecule has 6 heteroatoms. The van der Waals surface area contributed by atoms with Gasteiger partial charge >= 0.3 is 12.1 Å². The number of carboxylic acids is 1. The Bertz CT molecular complexity index is 438. The van der Waals surface area contributed by atoms with Crippen LogP contribution in [0.1, 0.15) is 47.0 Å². The Morgan fingerprint density at radius 2 is 1.95 bits per heavy atom. The van der Waals surface area contributed by atoms with E-state index in [0.29, 0.717) is 19.0 Å². The van der Waals surface area contributed by atoms with Gasteiger partial charge in [-0.1, -0.05) is 13.3 Å². The highest BCUT2D eigenvalue weighted by Crippen LogP contribution is 2.37. The number of hydrogen-bond donors (Lipinski definition) is 1. The normalized spacial score (nSPS) is 24.9. The van der Waals surface area contributed by atoms with Crippen LogP contribution in [0.4, 0.5) is 4.79 Å². The molecule has 1 unspecified atom stereocenters. The van der Waals surface area contributed by atoms with Crippen LogP contribution in [0.15, 0.2) is 0 Å². The van der Waals surface area contributed by atoms with Crippen LogP contribution in [0.25, 0.3) is 0 Å². The monoisotopic (exact) mass is 312 g/mol. The summed E-state index contributed by atoms with van der Waals surface area (Å²) in [4.78, 5) is 27.2. The van der Waals surface area contributed by atoms with Gasteiger partial charge in [-0.3, -0.25) is 9.69 Å². The number of likely N-dealkylation sites (tertiary alicyclic amines) is 2. The van der Waals surface area contributed by atoms with Gasteiger partial charge in [0, 0.05) is 19.6 Å². The number of nitrogens with zero attached hydrogens (tertiary/aromatic N) is 2. The molecule has 2 fully saturated rings. The minimum atomic E-state index is -0.802. The van der Waals surface area contributed by atoms with E-state index in [1.54, 1.807) is 4.90 Å². The Hall–Kier alpha value is -1.30. The molecule has 2 heterocycles. The predicted octanol–water partition coefficient (Wildman–Crippen LogP) is 2.18. The van der Waals surface area contributed by atoms with E-state index in [0.717, 1.165) is 25.9 Å². The minimum Gasteiger partial charge on any atom is -0.481 e. The summed E-state index contributed by atoms with van der Waals surface area (Å²) < 4.78 is 5.37. The van der Waals surface area contributed by atoms with Crippen LogP contribution < -0.4 is 0 Å². The van der Waals surface area contributed by atoms with Crippen LogP contribution >= 0.6 is 0 Å². The first-order valence-corrected chi connectivity index (χ1v) is 8.10. The Morgan fingerprint density at radius 3 is 2.41 bits per heavy atom. The largest absolute Gasteiger partial charge is 0.481 e. The van der Waals surface area contributed by atoms with Gasteiger partial charge in [-0.15, -0.1) is 0 Å². The van der Waals surface area contributed by atoms with Gasteiger partial charge in [-0.25, -0.2) is 4.79 Å². The van der Waals surface area contributed by atoms with Gasteiger partial charge in [-0.2, -0.15) is 0 Å². The van der Waals surface area contributed by atoms with E-state index < -0.39 is 17.1 Å². The van der Waals surface area contributed by atoms with E-state index in [9.17, 15) is 14.7 Å². The molecule has 2 saturated heterocycles. The van der Waals surface area contributed by atoms with Gasteiger partial charge in [0.15, 0.2) is 0 Å². The van der Waals surface area contributed by atoms with Crippen LogP contribution in [0.5, 0.6) is 0 Å². The van der Waals surface area contributed by atoms with Crippen LogP contribution in [-0.4, -0.2) is 64.3 Å². The second kappa shape index (κ2) is 6.07. The lowest BCUT2D eigenvalue weighted by atomic mass is 9.84. The molecule has 126 valence electrons. The van der Waals surface area contributed by atoms with Crippen molar-refractivity contribution in [2.75, 3.05) is 26.2 Å². The summed E-state index contributed by atoms with van der Waals surface area (Å²) in [6, 6.07) is 0. The third-order valence-electron chi connectivity index (χ3n) is 4.64. The van der Waals surface area contributed by atoms with Crippen LogP contribution in [0, 0.1) is 5.92 Å². The van der Waals surface area contributed by atoms with E-state index in [1.807, 2.05) is 20.8 Å². The standard InChI is InChI=1S/C16H28N2O4/c1-5-12-6-7-18(9-12)16(8-13(19)20)10-17(11-16)14(21)22-15(2,3)4/h12H,5-11H2,1-4H3,(H,19,20). The van der Waals surface area contributed by atoms with E-state index in [1.165, 1.54) is 0 Å². The van der Waals surface area contributed by atoms with Crippen molar-refractivity contribution in [2.24, 2.45) is 5.92 Å². The van der Waals surface area contributed by atoms with Crippen molar-refractivity contribution < 1.29 is 19.4 Å². The summed E-state index contributed by atoms with van der Waals surface area (Å²) in [7, 11) is 0. The lowest BCUT2D eigenvalue weighted by molar-refractivity contribution is -0.145. The Labute approximate surface area is 132 Å². The molecule has 2 aliphatic rings. The first kappa shape index (κ1) is 17.1. The number of ether oxygens (including phenoxy) is 1. The molecule has 0 saturated carbocycles. The SMILES string of the molecule is CCC1CCN(C2(CC(=O)O)CN(C(=O)OC(C)(C)C)C2)C1. The molecule has 1 atom stereocenters. The van der Waals surface area contributed by atoms with Crippen molar-refractivity contribution >= 4 is 12.1 Å². The highest BCUT2D eigenvalue weighted by atomic mass is 16.6. The molecule has 1 amide bonds. The summed E-state index contributed by atoms with van der Waals surface area (Å²) in [5.41, 5.74) is -0.935. The van der Waals surface area contributed by atoms with Crippen LogP contribution in [0.3, 0.4) is 0 Å². The molecular weight excluding hydrogens is 284 g/mol. The van der Waals surface area contributed by atoms with Crippen molar-refractivity contribution in [1.29, 1.82) is 0 Å². The van der Waals surface area contributed by atoms with E-state index in [2.05, 4.69) is 11.8 Å². The summed E-state index contributed by atoms with van der Waals surface area (Å²) in [5.74, 6) is -0.162. The maximum atomic E-state index is 12.1. The summed E-state index contributed by atoms with van der Waals surface area (Å²) in [6.45, 7) is 10.4. The lowest BCUT2D eigenvalue weighted by Crippen LogP contribution is -2.71. The maximum absolute atomic E-state index is 12.1. The van der Waals surface area contributed by atoms with Crippen molar-refractivity contribution in [3.63, 3.8) is 0 Å². The van der Waals surface area contributed by atoms with Gasteiger partial charge in [0.25, 0.3) is 0 Å². The van der Waals surface area contributed by atoms with E-state index >= 15 is 0 Å². The van der Waals surface area contributed by atoms with Crippen molar-refractivity contribution in [2.45, 2.75) is 58.1 Å². The van der Waals surface area contributed by atoms with Gasteiger partial charge in [-0.05, 0) is 39.7 Å². The molecule has 0 aliphatic carbocycles. The third kappa shape index (κ3) is 3.72. The van der Waals surface area contributed by atoms with E-state index in [-0.39, 0.29) is 12.5 Å². The fraction of sp³-hybridized carbons (Fsp3) is 0.875. The van der Waals surface area contributed by atoms with Gasteiger partial charge < -0.3 is 14.7 Å². The van der Waals surface area contributed by atoms with E-state index in [4.69, 9.17) is 4.74 Å². The van der Waals surface area contributed by atoms with Crippen molar-refractivity contribution in [1.82, 2.24) is 9.80 Å². The second-order valence-electron chi connectivity index (χ2n) is 7.64. The zero-order chi connectivity index (χ0) is 16.5. The van der Waals surface area contributed by atoms with Crippen molar-refractivity contribution in [3.8, 4) is 0 Å². The quantitative estimate of drug-likeness (QED) is 0.861. The summed E-state index contributed by atoms with van der Waals surface area (Å²) in [6.07, 6.45) is 1.97. The van der Waals surface area contributed by atoms with Gasteiger partial charge in [0.2, 0.25) is 0 Å². The molecule has 2 aliphatic heterocycles. The number of carbonyl (C=O) groups excluding carboxylic acids is 1. The molecule has 6 nitrogen and oxygen atoms in total. The molecule has 22 heavy (non-hydrogen) atoms. The first-order chi connectivity index (χ1) is 10.1. The smallest absolute Gasteiger partial charge is 0.410 e. The number of carboxylic acid groups (broad SMARTS) is 1. The number of rotatable bonds is 4. The molecule has 1 N–H and O–H groups in total. The van der Waals surface area contributed by atoms with Crippen LogP contribution in [-0.2, 0) is 9.53 Å². The Morgan fingerprint density at radius 1 is 1.32 bits per heavy atom. The number of hydrogen-bond acceptors (Lipinski definition) is 4. The number of amides is 1.